The Morgan fingerprint density at radius 3 is 3.18 bits per heavy atom. The van der Waals surface area contributed by atoms with E-state index in [2.05, 4.69) is 33.4 Å². The number of guanidine groups is 1. The largest absolute Gasteiger partial charge is 0.381 e. The lowest BCUT2D eigenvalue weighted by Crippen LogP contribution is -2.41. The van der Waals surface area contributed by atoms with E-state index in [1.807, 2.05) is 23.0 Å². The Morgan fingerprint density at radius 1 is 1.64 bits per heavy atom. The lowest BCUT2D eigenvalue weighted by Gasteiger charge is -2.24. The van der Waals surface area contributed by atoms with Gasteiger partial charge in [-0.1, -0.05) is 0 Å². The van der Waals surface area contributed by atoms with E-state index >= 15 is 0 Å². The summed E-state index contributed by atoms with van der Waals surface area (Å²) in [6, 6.07) is 0. The molecule has 0 radical (unpaired) electrons. The third-order valence-electron chi connectivity index (χ3n) is 3.70. The van der Waals surface area contributed by atoms with E-state index in [4.69, 9.17) is 4.74 Å². The fraction of sp³-hybridized carbons (Fsp3) is 0.571. The molecule has 1 aliphatic rings. The monoisotopic (exact) mass is 435 g/mol. The Kier molecular flexibility index (Phi) is 6.45. The Bertz CT molecular complexity index is 591. The summed E-state index contributed by atoms with van der Waals surface area (Å²) in [5.74, 6) is 1.50. The maximum atomic E-state index is 5.43. The van der Waals surface area contributed by atoms with Crippen LogP contribution in [-0.2, 0) is 11.3 Å². The van der Waals surface area contributed by atoms with Crippen LogP contribution in [0.3, 0.4) is 0 Å². The molecule has 1 N–H and O–H groups in total. The number of nitrogens with one attached hydrogen (secondary N) is 1. The van der Waals surface area contributed by atoms with E-state index in [0.717, 1.165) is 42.8 Å². The number of fused-ring (bicyclic) bond motifs is 1. The minimum absolute atomic E-state index is 0. The zero-order valence-corrected chi connectivity index (χ0v) is 16.0. The fourth-order valence-electron chi connectivity index (χ4n) is 2.62. The highest BCUT2D eigenvalue weighted by Gasteiger charge is 2.19. The number of hydrogen-bond acceptors (Lipinski definition) is 4. The number of aromatic nitrogens is 2. The van der Waals surface area contributed by atoms with Crippen molar-refractivity contribution in [2.75, 3.05) is 33.9 Å². The van der Waals surface area contributed by atoms with Crippen molar-refractivity contribution in [3.8, 4) is 0 Å². The first-order chi connectivity index (χ1) is 10.3. The Morgan fingerprint density at radius 2 is 2.50 bits per heavy atom. The van der Waals surface area contributed by atoms with Crippen LogP contribution in [0.2, 0.25) is 0 Å². The van der Waals surface area contributed by atoms with E-state index in [0.29, 0.717) is 12.5 Å². The summed E-state index contributed by atoms with van der Waals surface area (Å²) in [6.45, 7) is 3.40. The zero-order chi connectivity index (χ0) is 14.7. The molecule has 0 bridgehead atoms. The van der Waals surface area contributed by atoms with Gasteiger partial charge in [-0.3, -0.25) is 9.39 Å². The molecule has 1 atom stereocenters. The molecule has 2 aromatic rings. The van der Waals surface area contributed by atoms with E-state index in [1.165, 1.54) is 0 Å². The minimum Gasteiger partial charge on any atom is -0.381 e. The standard InChI is InChI=1S/C14H21N5OS.HI/c1-15-13(18(2)8-11-3-5-20-10-11)16-7-12-9-19-4-6-21-14(19)17-12;/h4,6,9,11H,3,5,7-8,10H2,1-2H3,(H,15,16);1H. The van der Waals surface area contributed by atoms with E-state index < -0.39 is 0 Å². The molecule has 0 amide bonds. The van der Waals surface area contributed by atoms with Gasteiger partial charge in [0.1, 0.15) is 0 Å². The van der Waals surface area contributed by atoms with Crippen LogP contribution in [0.15, 0.2) is 22.8 Å². The Hall–Kier alpha value is -0.870. The van der Waals surface area contributed by atoms with Gasteiger partial charge < -0.3 is 15.0 Å². The summed E-state index contributed by atoms with van der Waals surface area (Å²) in [6.07, 6.45) is 5.22. The predicted octanol–water partition coefficient (Wildman–Crippen LogP) is 2.06. The van der Waals surface area contributed by atoms with Gasteiger partial charge in [0, 0.05) is 50.9 Å². The topological polar surface area (TPSA) is 54.2 Å². The molecule has 1 fully saturated rings. The van der Waals surface area contributed by atoms with Crippen LogP contribution in [0.1, 0.15) is 12.1 Å². The minimum atomic E-state index is 0. The van der Waals surface area contributed by atoms with Gasteiger partial charge >= 0.3 is 0 Å². The van der Waals surface area contributed by atoms with Crippen LogP contribution in [0.25, 0.3) is 4.96 Å². The molecule has 8 heteroatoms. The normalized spacial score (nSPS) is 18.5. The number of rotatable bonds is 4. The van der Waals surface area contributed by atoms with Gasteiger partial charge in [0.25, 0.3) is 0 Å². The van der Waals surface area contributed by atoms with Crippen LogP contribution in [0, 0.1) is 5.92 Å². The molecule has 0 aromatic carbocycles. The predicted molar refractivity (Wildman–Crippen MR) is 100 cm³/mol. The average molecular weight is 435 g/mol. The summed E-state index contributed by atoms with van der Waals surface area (Å²) in [5, 5.41) is 5.41. The lowest BCUT2D eigenvalue weighted by atomic mass is 10.1. The molecule has 3 heterocycles. The summed E-state index contributed by atoms with van der Waals surface area (Å²) in [4.78, 5) is 12.1. The molecule has 1 saturated heterocycles. The van der Waals surface area contributed by atoms with Gasteiger partial charge in [0.2, 0.25) is 0 Å². The maximum Gasteiger partial charge on any atom is 0.193 e. The lowest BCUT2D eigenvalue weighted by molar-refractivity contribution is 0.181. The van der Waals surface area contributed by atoms with Crippen molar-refractivity contribution in [3.63, 3.8) is 0 Å². The SMILES string of the molecule is CN=C(NCc1cn2ccsc2n1)N(C)CC1CCOC1.I. The van der Waals surface area contributed by atoms with Crippen molar-refractivity contribution in [3.05, 3.63) is 23.5 Å². The highest BCUT2D eigenvalue weighted by molar-refractivity contribution is 14.0. The van der Waals surface area contributed by atoms with Gasteiger partial charge in [-0.2, -0.15) is 0 Å². The number of hydrogen-bond donors (Lipinski definition) is 1. The van der Waals surface area contributed by atoms with Gasteiger partial charge in [0.15, 0.2) is 10.9 Å². The zero-order valence-electron chi connectivity index (χ0n) is 12.9. The third kappa shape index (κ3) is 4.11. The van der Waals surface area contributed by atoms with Crippen LogP contribution >= 0.6 is 35.3 Å². The maximum absolute atomic E-state index is 5.43. The Labute approximate surface area is 151 Å². The summed E-state index contributed by atoms with van der Waals surface area (Å²) >= 11 is 1.65. The van der Waals surface area contributed by atoms with Crippen molar-refractivity contribution >= 4 is 46.2 Å². The first-order valence-corrected chi connectivity index (χ1v) is 8.05. The molecule has 1 unspecified atom stereocenters. The van der Waals surface area contributed by atoms with Gasteiger partial charge in [-0.15, -0.1) is 35.3 Å². The van der Waals surface area contributed by atoms with E-state index in [1.54, 1.807) is 11.3 Å². The fourth-order valence-corrected chi connectivity index (χ4v) is 3.34. The molecular weight excluding hydrogens is 413 g/mol. The first-order valence-electron chi connectivity index (χ1n) is 7.17. The van der Waals surface area contributed by atoms with E-state index in [9.17, 15) is 0 Å². The van der Waals surface area contributed by atoms with Crippen LogP contribution in [0.5, 0.6) is 0 Å². The van der Waals surface area contributed by atoms with E-state index in [-0.39, 0.29) is 24.0 Å². The highest BCUT2D eigenvalue weighted by atomic mass is 127. The molecule has 122 valence electrons. The van der Waals surface area contributed by atoms with Crippen molar-refractivity contribution in [1.29, 1.82) is 0 Å². The summed E-state index contributed by atoms with van der Waals surface area (Å²) in [7, 11) is 3.88. The summed E-state index contributed by atoms with van der Waals surface area (Å²) < 4.78 is 7.47. The number of thiazole rings is 1. The molecule has 0 saturated carbocycles. The number of nitrogens with zero attached hydrogens (tertiary/aromatic N) is 4. The quantitative estimate of drug-likeness (QED) is 0.454. The van der Waals surface area contributed by atoms with Gasteiger partial charge in [-0.25, -0.2) is 4.98 Å². The second kappa shape index (κ2) is 8.11. The van der Waals surface area contributed by atoms with Crippen molar-refractivity contribution in [1.82, 2.24) is 19.6 Å². The molecule has 3 rings (SSSR count). The number of ether oxygens (including phenoxy) is 1. The number of aliphatic imine (C=N–C) groups is 1. The average Bonchev–Trinajstić information content (AvgIpc) is 3.15. The molecular formula is C14H22IN5OS. The highest BCUT2D eigenvalue weighted by Crippen LogP contribution is 2.14. The van der Waals surface area contributed by atoms with Crippen molar-refractivity contribution < 1.29 is 4.74 Å². The first kappa shape index (κ1) is 17.5. The van der Waals surface area contributed by atoms with Gasteiger partial charge in [0.05, 0.1) is 18.8 Å². The molecule has 22 heavy (non-hydrogen) atoms. The number of imidazole rings is 1. The smallest absolute Gasteiger partial charge is 0.193 e. The Balaban J connectivity index is 0.00000176. The van der Waals surface area contributed by atoms with Crippen LogP contribution < -0.4 is 5.32 Å². The molecule has 0 aliphatic carbocycles. The van der Waals surface area contributed by atoms with Crippen molar-refractivity contribution in [2.24, 2.45) is 10.9 Å². The number of halogens is 1. The van der Waals surface area contributed by atoms with Crippen LogP contribution in [0.4, 0.5) is 0 Å². The molecule has 6 nitrogen and oxygen atoms in total. The molecule has 1 aliphatic heterocycles. The molecule has 2 aromatic heterocycles. The second-order valence-corrected chi connectivity index (χ2v) is 6.21. The summed E-state index contributed by atoms with van der Waals surface area (Å²) in [5.41, 5.74) is 1.03. The van der Waals surface area contributed by atoms with Crippen molar-refractivity contribution in [2.45, 2.75) is 13.0 Å². The van der Waals surface area contributed by atoms with Crippen LogP contribution in [-0.4, -0.2) is 54.1 Å². The molecule has 0 spiro atoms. The van der Waals surface area contributed by atoms with Gasteiger partial charge in [-0.05, 0) is 6.42 Å². The second-order valence-electron chi connectivity index (χ2n) is 5.34. The third-order valence-corrected chi connectivity index (χ3v) is 4.47.